The highest BCUT2D eigenvalue weighted by atomic mass is 16.2. The number of fused-ring (bicyclic) bond motifs is 1. The molecule has 3 nitrogen and oxygen atoms in total. The molecule has 3 aromatic rings. The minimum absolute atomic E-state index is 0.0505. The first kappa shape index (κ1) is 16.5. The molecular formula is C23H22N2O. The van der Waals surface area contributed by atoms with Crippen LogP contribution in [0, 0.1) is 12.8 Å². The van der Waals surface area contributed by atoms with E-state index in [4.69, 9.17) is 5.10 Å². The lowest BCUT2D eigenvalue weighted by Crippen LogP contribution is -2.21. The number of aromatic nitrogens is 2. The van der Waals surface area contributed by atoms with E-state index in [0.717, 1.165) is 40.1 Å². The average Bonchev–Trinajstić information content (AvgIpc) is 3.03. The Bertz CT molecular complexity index is 993. The molecule has 0 N–H and O–H groups in total. The van der Waals surface area contributed by atoms with Crippen LogP contribution in [-0.4, -0.2) is 15.7 Å². The van der Waals surface area contributed by atoms with Crippen molar-refractivity contribution >= 4 is 5.91 Å². The number of carbonyl (C=O) groups is 1. The summed E-state index contributed by atoms with van der Waals surface area (Å²) in [6, 6.07) is 18.6. The summed E-state index contributed by atoms with van der Waals surface area (Å²) in [5.74, 6) is 0.291. The van der Waals surface area contributed by atoms with E-state index < -0.39 is 0 Å². The second-order valence-electron chi connectivity index (χ2n) is 7.20. The third-order valence-corrected chi connectivity index (χ3v) is 5.00. The number of benzene rings is 2. The molecule has 0 saturated heterocycles. The summed E-state index contributed by atoms with van der Waals surface area (Å²) in [5, 5.41) is 4.72. The number of aryl methyl sites for hydroxylation is 1. The van der Waals surface area contributed by atoms with Gasteiger partial charge in [0.05, 0.1) is 5.69 Å². The Hall–Kier alpha value is -2.94. The summed E-state index contributed by atoms with van der Waals surface area (Å²) in [6.45, 7) is 6.34. The Morgan fingerprint density at radius 1 is 0.962 bits per heavy atom. The first-order valence-corrected chi connectivity index (χ1v) is 9.03. The second kappa shape index (κ2) is 6.41. The van der Waals surface area contributed by atoms with Crippen LogP contribution in [0.4, 0.5) is 0 Å². The van der Waals surface area contributed by atoms with Crippen LogP contribution in [0.25, 0.3) is 22.4 Å². The zero-order valence-corrected chi connectivity index (χ0v) is 15.4. The van der Waals surface area contributed by atoms with Gasteiger partial charge < -0.3 is 0 Å². The van der Waals surface area contributed by atoms with Gasteiger partial charge in [0.2, 0.25) is 0 Å². The fourth-order valence-electron chi connectivity index (χ4n) is 3.46. The lowest BCUT2D eigenvalue weighted by Gasteiger charge is -2.18. The summed E-state index contributed by atoms with van der Waals surface area (Å²) in [7, 11) is 0. The molecule has 2 aromatic carbocycles. The Kier molecular flexibility index (Phi) is 4.08. The first-order chi connectivity index (χ1) is 12.5. The van der Waals surface area contributed by atoms with E-state index in [9.17, 15) is 4.79 Å². The van der Waals surface area contributed by atoms with Crippen molar-refractivity contribution in [3.8, 4) is 22.4 Å². The number of nitrogens with zero attached hydrogens (tertiary/aromatic N) is 2. The lowest BCUT2D eigenvalue weighted by atomic mass is 9.91. The third kappa shape index (κ3) is 2.80. The highest BCUT2D eigenvalue weighted by Gasteiger charge is 2.27. The van der Waals surface area contributed by atoms with Gasteiger partial charge >= 0.3 is 0 Å². The van der Waals surface area contributed by atoms with Crippen LogP contribution in [-0.2, 0) is 6.42 Å². The van der Waals surface area contributed by atoms with Crippen LogP contribution in [0.15, 0.2) is 66.2 Å². The molecular weight excluding hydrogens is 320 g/mol. The molecule has 26 heavy (non-hydrogen) atoms. The van der Waals surface area contributed by atoms with Gasteiger partial charge in [-0.1, -0.05) is 79.6 Å². The topological polar surface area (TPSA) is 34.9 Å². The molecule has 0 unspecified atom stereocenters. The number of allylic oxidation sites excluding steroid dienone is 2. The first-order valence-electron chi connectivity index (χ1n) is 9.03. The Morgan fingerprint density at radius 3 is 2.31 bits per heavy atom. The van der Waals surface area contributed by atoms with Gasteiger partial charge in [0.25, 0.3) is 5.91 Å². The van der Waals surface area contributed by atoms with Crippen molar-refractivity contribution in [3.05, 3.63) is 77.5 Å². The van der Waals surface area contributed by atoms with E-state index in [2.05, 4.69) is 57.2 Å². The van der Waals surface area contributed by atoms with Crippen molar-refractivity contribution in [1.82, 2.24) is 9.78 Å². The maximum atomic E-state index is 12.7. The molecule has 130 valence electrons. The molecule has 4 rings (SSSR count). The van der Waals surface area contributed by atoms with Gasteiger partial charge in [-0.2, -0.15) is 9.78 Å². The molecule has 0 atom stereocenters. The Labute approximate surface area is 154 Å². The van der Waals surface area contributed by atoms with E-state index in [1.54, 1.807) is 10.8 Å². The molecule has 3 heteroatoms. The van der Waals surface area contributed by atoms with E-state index in [0.29, 0.717) is 5.92 Å². The minimum Gasteiger partial charge on any atom is -0.267 e. The van der Waals surface area contributed by atoms with Gasteiger partial charge in [0, 0.05) is 23.6 Å². The van der Waals surface area contributed by atoms with Crippen molar-refractivity contribution in [2.24, 2.45) is 5.92 Å². The fraction of sp³-hybridized carbons (Fsp3) is 0.217. The molecule has 2 heterocycles. The molecule has 0 bridgehead atoms. The predicted octanol–water partition coefficient (Wildman–Crippen LogP) is 5.30. The van der Waals surface area contributed by atoms with Gasteiger partial charge in [-0.3, -0.25) is 4.79 Å². The molecule has 0 spiro atoms. The standard InChI is InChI=1S/C23H22N2O/c1-15(2)19-13-20-22(17-7-5-4-6-8-17)23(24-25(20)21(26)14-19)18-11-9-16(3)10-12-18/h4-12,14-15H,13H2,1-3H3. The molecule has 0 fully saturated rings. The van der Waals surface area contributed by atoms with Gasteiger partial charge in [0.15, 0.2) is 0 Å². The molecule has 0 radical (unpaired) electrons. The van der Waals surface area contributed by atoms with Crippen molar-refractivity contribution in [2.75, 3.05) is 0 Å². The van der Waals surface area contributed by atoms with E-state index in [1.165, 1.54) is 5.56 Å². The molecule has 1 aliphatic rings. The van der Waals surface area contributed by atoms with Crippen molar-refractivity contribution < 1.29 is 4.79 Å². The summed E-state index contributed by atoms with van der Waals surface area (Å²) in [6.07, 6.45) is 2.50. The van der Waals surface area contributed by atoms with Crippen molar-refractivity contribution in [1.29, 1.82) is 0 Å². The van der Waals surface area contributed by atoms with Gasteiger partial charge in [-0.25, -0.2) is 0 Å². The summed E-state index contributed by atoms with van der Waals surface area (Å²) in [4.78, 5) is 12.7. The van der Waals surface area contributed by atoms with Crippen LogP contribution >= 0.6 is 0 Å². The maximum absolute atomic E-state index is 12.7. The number of hydrogen-bond donors (Lipinski definition) is 0. The quantitative estimate of drug-likeness (QED) is 0.647. The number of rotatable bonds is 3. The summed E-state index contributed by atoms with van der Waals surface area (Å²) in [5.41, 5.74) is 7.43. The van der Waals surface area contributed by atoms with Crippen LogP contribution in [0.3, 0.4) is 0 Å². The van der Waals surface area contributed by atoms with Gasteiger partial charge in [-0.05, 0) is 18.4 Å². The van der Waals surface area contributed by atoms with Crippen LogP contribution < -0.4 is 0 Å². The zero-order chi connectivity index (χ0) is 18.3. The van der Waals surface area contributed by atoms with E-state index in [1.807, 2.05) is 18.2 Å². The zero-order valence-electron chi connectivity index (χ0n) is 15.4. The van der Waals surface area contributed by atoms with Crippen LogP contribution in [0.2, 0.25) is 0 Å². The number of carbonyl (C=O) groups excluding carboxylic acids is 1. The summed E-state index contributed by atoms with van der Waals surface area (Å²) >= 11 is 0. The molecule has 1 aliphatic heterocycles. The average molecular weight is 342 g/mol. The molecule has 1 aromatic heterocycles. The normalized spacial score (nSPS) is 13.7. The highest BCUT2D eigenvalue weighted by Crippen LogP contribution is 2.37. The van der Waals surface area contributed by atoms with Crippen LogP contribution in [0.5, 0.6) is 0 Å². The molecule has 0 aliphatic carbocycles. The fourth-order valence-corrected chi connectivity index (χ4v) is 3.46. The Balaban J connectivity index is 1.95. The van der Waals surface area contributed by atoms with E-state index in [-0.39, 0.29) is 5.91 Å². The smallest absolute Gasteiger partial charge is 0.267 e. The van der Waals surface area contributed by atoms with Crippen molar-refractivity contribution in [2.45, 2.75) is 27.2 Å². The molecule has 0 saturated carbocycles. The SMILES string of the molecule is Cc1ccc(-c2nn3c(c2-c2ccccc2)CC(C(C)C)=CC3=O)cc1. The minimum atomic E-state index is -0.0505. The second-order valence-corrected chi connectivity index (χ2v) is 7.20. The van der Waals surface area contributed by atoms with Gasteiger partial charge in [-0.15, -0.1) is 0 Å². The monoisotopic (exact) mass is 342 g/mol. The van der Waals surface area contributed by atoms with Crippen molar-refractivity contribution in [3.63, 3.8) is 0 Å². The number of hydrogen-bond acceptors (Lipinski definition) is 2. The Morgan fingerprint density at radius 2 is 1.65 bits per heavy atom. The maximum Gasteiger partial charge on any atom is 0.271 e. The summed E-state index contributed by atoms with van der Waals surface area (Å²) < 4.78 is 1.59. The molecule has 0 amide bonds. The van der Waals surface area contributed by atoms with E-state index >= 15 is 0 Å². The largest absolute Gasteiger partial charge is 0.271 e. The van der Waals surface area contributed by atoms with Crippen LogP contribution in [0.1, 0.15) is 29.9 Å². The third-order valence-electron chi connectivity index (χ3n) is 5.00. The highest BCUT2D eigenvalue weighted by molar-refractivity contribution is 5.95. The van der Waals surface area contributed by atoms with Gasteiger partial charge in [0.1, 0.15) is 5.69 Å². The lowest BCUT2D eigenvalue weighted by molar-refractivity contribution is 0.0945. The predicted molar refractivity (Wildman–Crippen MR) is 105 cm³/mol.